The number of nitrogens with two attached hydrogens (primary N) is 1. The van der Waals surface area contributed by atoms with Crippen molar-refractivity contribution < 1.29 is 18.0 Å². The highest BCUT2D eigenvalue weighted by molar-refractivity contribution is 8.00. The quantitative estimate of drug-likeness (QED) is 0.398. The molecule has 1 atom stereocenters. The average Bonchev–Trinajstić information content (AvgIpc) is 2.12. The zero-order valence-corrected chi connectivity index (χ0v) is 10.3. The van der Waals surface area contributed by atoms with Crippen LogP contribution in [0.4, 0.5) is 18.9 Å². The Hall–Kier alpha value is -0.880. The molecule has 0 saturated carbocycles. The van der Waals surface area contributed by atoms with E-state index in [1.807, 2.05) is 0 Å². The van der Waals surface area contributed by atoms with E-state index < -0.39 is 16.7 Å². The summed E-state index contributed by atoms with van der Waals surface area (Å²) in [6.45, 7) is 1.45. The van der Waals surface area contributed by atoms with E-state index in [-0.39, 0.29) is 27.9 Å². The molecule has 1 rings (SSSR count). The minimum absolute atomic E-state index is 0.0826. The monoisotopic (exact) mass is 283 g/mol. The van der Waals surface area contributed by atoms with E-state index in [4.69, 9.17) is 17.3 Å². The molecule has 94 valence electrons. The van der Waals surface area contributed by atoms with Gasteiger partial charge in [0.15, 0.2) is 5.78 Å². The third-order valence-corrected chi connectivity index (χ3v) is 2.71. The van der Waals surface area contributed by atoms with Crippen LogP contribution in [0.2, 0.25) is 0 Å². The Kier molecular flexibility index (Phi) is 4.32. The lowest BCUT2D eigenvalue weighted by Crippen LogP contribution is -2.11. The fourth-order valence-electron chi connectivity index (χ4n) is 1.19. The molecule has 0 aromatic heterocycles. The molecule has 1 aromatic rings. The molecule has 0 aliphatic carbocycles. The van der Waals surface area contributed by atoms with E-state index in [0.29, 0.717) is 0 Å². The molecule has 0 amide bonds. The molecule has 1 aromatic carbocycles. The molecule has 7 heteroatoms. The van der Waals surface area contributed by atoms with E-state index >= 15 is 0 Å². The topological polar surface area (TPSA) is 43.1 Å². The van der Waals surface area contributed by atoms with Gasteiger partial charge in [-0.3, -0.25) is 4.79 Å². The highest BCUT2D eigenvalue weighted by Gasteiger charge is 2.29. The maximum absolute atomic E-state index is 12.2. The third kappa shape index (κ3) is 4.47. The van der Waals surface area contributed by atoms with E-state index in [1.165, 1.54) is 13.0 Å². The van der Waals surface area contributed by atoms with Gasteiger partial charge < -0.3 is 5.73 Å². The Morgan fingerprint density at radius 1 is 1.41 bits per heavy atom. The Balaban J connectivity index is 3.07. The van der Waals surface area contributed by atoms with Crippen LogP contribution in [0.15, 0.2) is 23.1 Å². The summed E-state index contributed by atoms with van der Waals surface area (Å²) in [5, 5.41) is -0.805. The van der Waals surface area contributed by atoms with Crippen molar-refractivity contribution in [1.82, 2.24) is 0 Å². The molecule has 0 heterocycles. The number of thioether (sulfide) groups is 1. The summed E-state index contributed by atoms with van der Waals surface area (Å²) in [6, 6.07) is 3.60. The predicted molar refractivity (Wildman–Crippen MR) is 62.4 cm³/mol. The van der Waals surface area contributed by atoms with E-state index in [9.17, 15) is 18.0 Å². The molecular formula is C10H9ClF3NOS. The number of anilines is 1. The zero-order chi connectivity index (χ0) is 13.2. The maximum Gasteiger partial charge on any atom is 0.446 e. The summed E-state index contributed by atoms with van der Waals surface area (Å²) in [4.78, 5) is 11.4. The molecular weight excluding hydrogens is 275 g/mol. The number of carbonyl (C=O) groups excluding carboxylic acids is 1. The first-order valence-electron chi connectivity index (χ1n) is 4.53. The van der Waals surface area contributed by atoms with Gasteiger partial charge in [0.2, 0.25) is 0 Å². The second kappa shape index (κ2) is 5.18. The Bertz CT molecular complexity index is 434. The second-order valence-corrected chi connectivity index (χ2v) is 5.11. The normalized spacial score (nSPS) is 13.5. The van der Waals surface area contributed by atoms with Crippen molar-refractivity contribution in [1.29, 1.82) is 0 Å². The van der Waals surface area contributed by atoms with Crippen LogP contribution in [0.5, 0.6) is 0 Å². The van der Waals surface area contributed by atoms with Crippen LogP contribution in [0.3, 0.4) is 0 Å². The van der Waals surface area contributed by atoms with Gasteiger partial charge >= 0.3 is 5.51 Å². The van der Waals surface area contributed by atoms with Gasteiger partial charge in [0, 0.05) is 16.1 Å². The minimum Gasteiger partial charge on any atom is -0.399 e. The molecule has 1 unspecified atom stereocenters. The first kappa shape index (κ1) is 14.2. The van der Waals surface area contributed by atoms with Crippen molar-refractivity contribution in [2.75, 3.05) is 5.73 Å². The number of nitrogen functional groups attached to an aromatic ring is 1. The fourth-order valence-corrected chi connectivity index (χ4v) is 1.96. The predicted octanol–water partition coefficient (Wildman–Crippen LogP) is 3.69. The summed E-state index contributed by atoms with van der Waals surface area (Å²) in [5.41, 5.74) is 1.20. The minimum atomic E-state index is -4.42. The largest absolute Gasteiger partial charge is 0.446 e. The molecule has 2 N–H and O–H groups in total. The molecule has 17 heavy (non-hydrogen) atoms. The molecule has 0 saturated heterocycles. The summed E-state index contributed by atoms with van der Waals surface area (Å²) in [7, 11) is 0. The third-order valence-electron chi connectivity index (χ3n) is 1.81. The zero-order valence-electron chi connectivity index (χ0n) is 8.72. The Morgan fingerprint density at radius 3 is 2.47 bits per heavy atom. The standard InChI is InChI=1S/C10H9ClF3NOS/c1-5(11)9(16)6-2-7(15)4-8(3-6)17-10(12,13)14/h2-5H,15H2,1H3. The van der Waals surface area contributed by atoms with Crippen molar-refractivity contribution in [2.24, 2.45) is 0 Å². The van der Waals surface area contributed by atoms with Crippen LogP contribution in [-0.2, 0) is 0 Å². The summed E-state index contributed by atoms with van der Waals surface area (Å²) >= 11 is 5.26. The summed E-state index contributed by atoms with van der Waals surface area (Å²) in [6.07, 6.45) is 0. The van der Waals surface area contributed by atoms with Crippen molar-refractivity contribution in [3.63, 3.8) is 0 Å². The van der Waals surface area contributed by atoms with Gasteiger partial charge in [-0.15, -0.1) is 11.6 Å². The smallest absolute Gasteiger partial charge is 0.399 e. The molecule has 0 aliphatic rings. The first-order chi connectivity index (χ1) is 7.69. The van der Waals surface area contributed by atoms with Crippen molar-refractivity contribution in [3.8, 4) is 0 Å². The van der Waals surface area contributed by atoms with Crippen molar-refractivity contribution in [2.45, 2.75) is 22.7 Å². The lowest BCUT2D eigenvalue weighted by Gasteiger charge is -2.09. The number of hydrogen-bond acceptors (Lipinski definition) is 3. The van der Waals surface area contributed by atoms with E-state index in [1.54, 1.807) is 0 Å². The molecule has 0 bridgehead atoms. The Morgan fingerprint density at radius 2 is 2.00 bits per heavy atom. The van der Waals surface area contributed by atoms with Gasteiger partial charge in [0.25, 0.3) is 0 Å². The molecule has 0 radical (unpaired) electrons. The van der Waals surface area contributed by atoms with Crippen LogP contribution in [0.1, 0.15) is 17.3 Å². The number of rotatable bonds is 3. The highest BCUT2D eigenvalue weighted by Crippen LogP contribution is 2.38. The number of alkyl halides is 4. The van der Waals surface area contributed by atoms with Gasteiger partial charge in [-0.05, 0) is 36.9 Å². The van der Waals surface area contributed by atoms with Gasteiger partial charge in [0.1, 0.15) is 0 Å². The van der Waals surface area contributed by atoms with Crippen LogP contribution in [0, 0.1) is 0 Å². The van der Waals surface area contributed by atoms with E-state index in [0.717, 1.165) is 12.1 Å². The average molecular weight is 284 g/mol. The fraction of sp³-hybridized carbons (Fsp3) is 0.300. The van der Waals surface area contributed by atoms with Gasteiger partial charge in [0.05, 0.1) is 5.38 Å². The van der Waals surface area contributed by atoms with Gasteiger partial charge in [-0.1, -0.05) is 0 Å². The highest BCUT2D eigenvalue weighted by atomic mass is 35.5. The van der Waals surface area contributed by atoms with Gasteiger partial charge in [-0.2, -0.15) is 13.2 Å². The van der Waals surface area contributed by atoms with Crippen molar-refractivity contribution in [3.05, 3.63) is 23.8 Å². The number of Topliss-reactive ketones (excluding diaryl/α,β-unsaturated/α-hetero) is 1. The van der Waals surface area contributed by atoms with E-state index in [2.05, 4.69) is 0 Å². The summed E-state index contributed by atoms with van der Waals surface area (Å²) < 4.78 is 36.5. The maximum atomic E-state index is 12.2. The Labute approximate surface area is 105 Å². The molecule has 0 aliphatic heterocycles. The number of benzene rings is 1. The molecule has 2 nitrogen and oxygen atoms in total. The van der Waals surface area contributed by atoms with Crippen LogP contribution >= 0.6 is 23.4 Å². The first-order valence-corrected chi connectivity index (χ1v) is 5.79. The van der Waals surface area contributed by atoms with Crippen molar-refractivity contribution >= 4 is 34.8 Å². The van der Waals surface area contributed by atoms with Crippen LogP contribution in [-0.4, -0.2) is 16.7 Å². The number of hydrogen-bond donors (Lipinski definition) is 1. The summed E-state index contributed by atoms with van der Waals surface area (Å²) in [5.74, 6) is -0.456. The van der Waals surface area contributed by atoms with Crippen LogP contribution in [0.25, 0.3) is 0 Å². The lowest BCUT2D eigenvalue weighted by molar-refractivity contribution is -0.0328. The van der Waals surface area contributed by atoms with Crippen LogP contribution < -0.4 is 5.73 Å². The number of ketones is 1. The molecule has 0 spiro atoms. The SMILES string of the molecule is CC(Cl)C(=O)c1cc(N)cc(SC(F)(F)F)c1. The number of halogens is 4. The lowest BCUT2D eigenvalue weighted by atomic mass is 10.1. The number of carbonyl (C=O) groups is 1. The molecule has 0 fully saturated rings. The second-order valence-electron chi connectivity index (χ2n) is 3.32. The van der Waals surface area contributed by atoms with Gasteiger partial charge in [-0.25, -0.2) is 0 Å².